The van der Waals surface area contributed by atoms with E-state index in [4.69, 9.17) is 15.7 Å². The summed E-state index contributed by atoms with van der Waals surface area (Å²) in [4.78, 5) is 29.2. The molecule has 1 aliphatic rings. The normalized spacial score (nSPS) is 16.7. The molecule has 4 aromatic rings. The Morgan fingerprint density at radius 1 is 1.07 bits per heavy atom. The zero-order valence-electron chi connectivity index (χ0n) is 16.4. The Kier molecular flexibility index (Phi) is 4.88. The van der Waals surface area contributed by atoms with Crippen molar-refractivity contribution in [2.75, 3.05) is 11.4 Å². The van der Waals surface area contributed by atoms with Gasteiger partial charge in [0.25, 0.3) is 0 Å². The molecule has 30 heavy (non-hydrogen) atoms. The fraction of sp³-hybridized carbons (Fsp3) is 0.217. The van der Waals surface area contributed by atoms with Crippen LogP contribution in [0.25, 0.3) is 32.7 Å². The number of anilines is 1. The van der Waals surface area contributed by atoms with Crippen molar-refractivity contribution >= 4 is 33.3 Å². The molecule has 1 amide bonds. The van der Waals surface area contributed by atoms with E-state index in [9.17, 15) is 4.79 Å². The molecule has 1 fully saturated rings. The topological polar surface area (TPSA) is 85.0 Å². The number of nitrogens with two attached hydrogens (primary N) is 1. The van der Waals surface area contributed by atoms with Crippen molar-refractivity contribution < 1.29 is 4.79 Å². The molecule has 3 aromatic heterocycles. The number of nitrogens with zero attached hydrogens (tertiary/aromatic N) is 4. The van der Waals surface area contributed by atoms with Gasteiger partial charge in [-0.15, -0.1) is 11.3 Å². The zero-order chi connectivity index (χ0) is 20.5. The van der Waals surface area contributed by atoms with Gasteiger partial charge in [-0.05, 0) is 37.0 Å². The molecule has 0 radical (unpaired) electrons. The molecule has 6 nitrogen and oxygen atoms in total. The third-order valence-corrected chi connectivity index (χ3v) is 6.39. The maximum absolute atomic E-state index is 12.3. The molecule has 2 N–H and O–H groups in total. The van der Waals surface area contributed by atoms with Gasteiger partial charge in [-0.25, -0.2) is 9.97 Å². The van der Waals surface area contributed by atoms with Crippen LogP contribution in [0.1, 0.15) is 19.3 Å². The molecule has 1 atom stereocenters. The van der Waals surface area contributed by atoms with Gasteiger partial charge >= 0.3 is 0 Å². The van der Waals surface area contributed by atoms with Crippen LogP contribution in [0.3, 0.4) is 0 Å². The lowest BCUT2D eigenvalue weighted by molar-refractivity contribution is -0.119. The fourth-order valence-corrected chi connectivity index (χ4v) is 5.01. The number of benzene rings is 1. The summed E-state index contributed by atoms with van der Waals surface area (Å²) in [6.07, 6.45) is 6.23. The Bertz CT molecular complexity index is 1190. The minimum Gasteiger partial charge on any atom is -0.368 e. The van der Waals surface area contributed by atoms with E-state index in [2.05, 4.69) is 27.4 Å². The van der Waals surface area contributed by atoms with Gasteiger partial charge in [0.05, 0.1) is 5.39 Å². The average Bonchev–Trinajstić information content (AvgIpc) is 3.24. The van der Waals surface area contributed by atoms with E-state index in [1.54, 1.807) is 23.7 Å². The van der Waals surface area contributed by atoms with Crippen LogP contribution in [0, 0.1) is 0 Å². The second-order valence-corrected chi connectivity index (χ2v) is 8.27. The molecule has 150 valence electrons. The molecule has 5 rings (SSSR count). The van der Waals surface area contributed by atoms with E-state index in [1.165, 1.54) is 0 Å². The summed E-state index contributed by atoms with van der Waals surface area (Å²) < 4.78 is 0. The average molecular weight is 416 g/mol. The first-order chi connectivity index (χ1) is 14.7. The van der Waals surface area contributed by atoms with Crippen LogP contribution in [0.2, 0.25) is 0 Å². The van der Waals surface area contributed by atoms with Gasteiger partial charge in [0.2, 0.25) is 5.91 Å². The van der Waals surface area contributed by atoms with Crippen LogP contribution in [0.15, 0.2) is 60.2 Å². The van der Waals surface area contributed by atoms with Gasteiger partial charge in [-0.2, -0.15) is 0 Å². The molecule has 7 heteroatoms. The molecule has 0 spiro atoms. The third kappa shape index (κ3) is 3.31. The Morgan fingerprint density at radius 2 is 1.90 bits per heavy atom. The van der Waals surface area contributed by atoms with Gasteiger partial charge < -0.3 is 10.6 Å². The Labute approximate surface area is 178 Å². The van der Waals surface area contributed by atoms with Crippen molar-refractivity contribution in [2.24, 2.45) is 5.73 Å². The zero-order valence-corrected chi connectivity index (χ0v) is 17.2. The number of thiophene rings is 1. The summed E-state index contributed by atoms with van der Waals surface area (Å²) in [6, 6.07) is 13.7. The van der Waals surface area contributed by atoms with Crippen LogP contribution < -0.4 is 10.6 Å². The lowest BCUT2D eigenvalue weighted by atomic mass is 10.00. The Morgan fingerprint density at radius 3 is 2.67 bits per heavy atom. The second kappa shape index (κ2) is 7.84. The van der Waals surface area contributed by atoms with Crippen LogP contribution in [-0.4, -0.2) is 33.4 Å². The van der Waals surface area contributed by atoms with Crippen LogP contribution in [0.4, 0.5) is 5.82 Å². The van der Waals surface area contributed by atoms with Crippen LogP contribution in [-0.2, 0) is 4.79 Å². The lowest BCUT2D eigenvalue weighted by Gasteiger charge is -2.35. The Hall–Kier alpha value is -3.32. The Balaban J connectivity index is 1.76. The summed E-state index contributed by atoms with van der Waals surface area (Å²) >= 11 is 1.59. The largest absolute Gasteiger partial charge is 0.368 e. The smallest absolute Gasteiger partial charge is 0.240 e. The van der Waals surface area contributed by atoms with Crippen molar-refractivity contribution in [3.8, 4) is 22.5 Å². The molecule has 0 unspecified atom stereocenters. The third-order valence-electron chi connectivity index (χ3n) is 5.52. The van der Waals surface area contributed by atoms with Crippen molar-refractivity contribution in [3.63, 3.8) is 0 Å². The van der Waals surface area contributed by atoms with Crippen molar-refractivity contribution in [3.05, 3.63) is 60.2 Å². The number of amides is 1. The van der Waals surface area contributed by atoms with Gasteiger partial charge in [0, 0.05) is 35.4 Å². The standard InChI is InChI=1S/C23H21N5OS/c24-20(29)18-10-4-5-12-28(18)22-19-17(15-7-2-1-3-8-15)14-30-23(19)27-21(26-22)16-9-6-11-25-13-16/h1-3,6-9,11,13-14,18H,4-5,10,12H2,(H2,24,29)/t18-/m1/s1. The molecular weight excluding hydrogens is 394 g/mol. The number of pyridine rings is 1. The summed E-state index contributed by atoms with van der Waals surface area (Å²) in [6.45, 7) is 0.746. The molecule has 1 aromatic carbocycles. The van der Waals surface area contributed by atoms with Crippen molar-refractivity contribution in [1.29, 1.82) is 0 Å². The first-order valence-corrected chi connectivity index (χ1v) is 10.9. The minimum absolute atomic E-state index is 0.305. The summed E-state index contributed by atoms with van der Waals surface area (Å²) in [5, 5.41) is 3.10. The highest BCUT2D eigenvalue weighted by molar-refractivity contribution is 7.17. The van der Waals surface area contributed by atoms with E-state index in [1.807, 2.05) is 30.3 Å². The highest BCUT2D eigenvalue weighted by Gasteiger charge is 2.31. The number of piperidine rings is 1. The first kappa shape index (κ1) is 18.7. The van der Waals surface area contributed by atoms with Crippen molar-refractivity contribution in [1.82, 2.24) is 15.0 Å². The number of primary amides is 1. The quantitative estimate of drug-likeness (QED) is 0.538. The van der Waals surface area contributed by atoms with Gasteiger partial charge in [0.15, 0.2) is 5.82 Å². The van der Waals surface area contributed by atoms with Crippen LogP contribution >= 0.6 is 11.3 Å². The number of carbonyl (C=O) groups is 1. The predicted octanol–water partition coefficient (Wildman–Crippen LogP) is 4.26. The molecule has 0 bridgehead atoms. The van der Waals surface area contributed by atoms with E-state index in [-0.39, 0.29) is 11.9 Å². The van der Waals surface area contributed by atoms with E-state index in [0.29, 0.717) is 5.82 Å². The fourth-order valence-electron chi connectivity index (χ4n) is 4.07. The molecule has 1 saturated heterocycles. The summed E-state index contributed by atoms with van der Waals surface area (Å²) in [7, 11) is 0. The molecule has 4 heterocycles. The maximum atomic E-state index is 12.3. The van der Waals surface area contributed by atoms with Gasteiger partial charge in [0.1, 0.15) is 16.7 Å². The number of aromatic nitrogens is 3. The molecule has 1 aliphatic heterocycles. The molecule has 0 aliphatic carbocycles. The van der Waals surface area contributed by atoms with E-state index < -0.39 is 0 Å². The monoisotopic (exact) mass is 415 g/mol. The van der Waals surface area contributed by atoms with E-state index in [0.717, 1.165) is 58.5 Å². The number of carbonyl (C=O) groups excluding carboxylic acids is 1. The number of rotatable bonds is 4. The number of fused-ring (bicyclic) bond motifs is 1. The van der Waals surface area contributed by atoms with Gasteiger partial charge in [-0.3, -0.25) is 9.78 Å². The molecular formula is C23H21N5OS. The van der Waals surface area contributed by atoms with Crippen molar-refractivity contribution in [2.45, 2.75) is 25.3 Å². The first-order valence-electron chi connectivity index (χ1n) is 10.0. The number of hydrogen-bond acceptors (Lipinski definition) is 6. The summed E-state index contributed by atoms with van der Waals surface area (Å²) in [5.74, 6) is 1.09. The minimum atomic E-state index is -0.359. The summed E-state index contributed by atoms with van der Waals surface area (Å²) in [5.41, 5.74) is 8.82. The number of hydrogen-bond donors (Lipinski definition) is 1. The maximum Gasteiger partial charge on any atom is 0.240 e. The highest BCUT2D eigenvalue weighted by Crippen LogP contribution is 2.41. The SMILES string of the molecule is NC(=O)[C@H]1CCCCN1c1nc(-c2cccnc2)nc2scc(-c3ccccc3)c12. The molecule has 0 saturated carbocycles. The van der Waals surface area contributed by atoms with Crippen LogP contribution in [0.5, 0.6) is 0 Å². The second-order valence-electron chi connectivity index (χ2n) is 7.42. The van der Waals surface area contributed by atoms with Gasteiger partial charge in [-0.1, -0.05) is 30.3 Å². The highest BCUT2D eigenvalue weighted by atomic mass is 32.1. The lowest BCUT2D eigenvalue weighted by Crippen LogP contribution is -2.48. The van der Waals surface area contributed by atoms with E-state index >= 15 is 0 Å². The predicted molar refractivity (Wildman–Crippen MR) is 120 cm³/mol.